The molecule has 0 radical (unpaired) electrons. The number of aromatic amines is 1. The summed E-state index contributed by atoms with van der Waals surface area (Å²) in [5.74, 6) is 0.0439. The van der Waals surface area contributed by atoms with Gasteiger partial charge >= 0.3 is 0 Å². The van der Waals surface area contributed by atoms with Crippen LogP contribution in [0, 0.1) is 17.8 Å². The number of aromatic nitrogens is 1. The van der Waals surface area contributed by atoms with Crippen molar-refractivity contribution in [2.24, 2.45) is 17.8 Å². The summed E-state index contributed by atoms with van der Waals surface area (Å²) in [4.78, 5) is 3.37. The molecule has 2 aromatic rings. The largest absolute Gasteiger partial charge is 0.361 e. The molecule has 0 amide bonds. The Bertz CT molecular complexity index is 940. The number of fused-ring (bicyclic) bond motifs is 2. The first kappa shape index (κ1) is 21.2. The smallest absolute Gasteiger partial charge is 0.186 e. The Balaban J connectivity index is 1.26. The number of rotatable bonds is 8. The van der Waals surface area contributed by atoms with Crippen LogP contribution in [0.15, 0.2) is 42.6 Å². The van der Waals surface area contributed by atoms with Gasteiger partial charge in [0.25, 0.3) is 0 Å². The molecule has 6 nitrogen and oxygen atoms in total. The summed E-state index contributed by atoms with van der Waals surface area (Å²) < 4.78 is 24.6. The maximum atomic E-state index is 6.31. The quantitative estimate of drug-likeness (QED) is 0.625. The molecule has 4 aliphatic rings. The highest BCUT2D eigenvalue weighted by Gasteiger charge is 2.64. The summed E-state index contributed by atoms with van der Waals surface area (Å²) in [5, 5.41) is 5.06. The van der Waals surface area contributed by atoms with Gasteiger partial charge in [0.1, 0.15) is 0 Å². The molecule has 1 aliphatic carbocycles. The standard InChI is InChI=1S/C25H34N2O4/c1-15(2)14-29-24-22-20-11-18(12-25(22,28-4)31-23(30-24)16(20)3)26-10-9-17-13-27-21-8-6-5-7-19(17)21/h5-8,13,15,18,20,22-24,26-27H,3,9-12,14H2,1-2,4H3. The van der Waals surface area contributed by atoms with E-state index in [4.69, 9.17) is 18.9 Å². The molecule has 31 heavy (non-hydrogen) atoms. The summed E-state index contributed by atoms with van der Waals surface area (Å²) in [5.41, 5.74) is 3.55. The predicted molar refractivity (Wildman–Crippen MR) is 119 cm³/mol. The van der Waals surface area contributed by atoms with E-state index >= 15 is 0 Å². The van der Waals surface area contributed by atoms with Gasteiger partial charge in [-0.05, 0) is 48.4 Å². The van der Waals surface area contributed by atoms with Gasteiger partial charge in [0.2, 0.25) is 0 Å². The second-order valence-corrected chi connectivity index (χ2v) is 9.60. The first-order valence-corrected chi connectivity index (χ1v) is 11.5. The molecule has 4 fully saturated rings. The van der Waals surface area contributed by atoms with Gasteiger partial charge in [-0.15, -0.1) is 0 Å². The van der Waals surface area contributed by atoms with Crippen LogP contribution in [0.4, 0.5) is 0 Å². The minimum Gasteiger partial charge on any atom is -0.361 e. The lowest BCUT2D eigenvalue weighted by Gasteiger charge is -2.61. The van der Waals surface area contributed by atoms with E-state index in [0.29, 0.717) is 18.6 Å². The molecular weight excluding hydrogens is 392 g/mol. The van der Waals surface area contributed by atoms with Gasteiger partial charge in [-0.2, -0.15) is 0 Å². The highest BCUT2D eigenvalue weighted by molar-refractivity contribution is 5.83. The SMILES string of the molecule is C=C1C2OC(OCC(C)C)C3C1CC(NCCc1c[nH]c4ccccc14)CC3(OC)O2. The van der Waals surface area contributed by atoms with Crippen LogP contribution >= 0.6 is 0 Å². The molecule has 1 saturated carbocycles. The normalized spacial score (nSPS) is 34.7. The molecule has 1 aromatic heterocycles. The Kier molecular flexibility index (Phi) is 5.69. The van der Waals surface area contributed by atoms with Crippen molar-refractivity contribution in [2.45, 2.75) is 57.5 Å². The second-order valence-electron chi connectivity index (χ2n) is 9.60. The van der Waals surface area contributed by atoms with E-state index in [1.807, 2.05) is 0 Å². The van der Waals surface area contributed by atoms with Gasteiger partial charge in [-0.1, -0.05) is 38.6 Å². The molecule has 168 valence electrons. The third-order valence-corrected chi connectivity index (χ3v) is 7.09. The Morgan fingerprint density at radius 2 is 2.16 bits per heavy atom. The number of benzene rings is 1. The monoisotopic (exact) mass is 426 g/mol. The lowest BCUT2D eigenvalue weighted by Crippen LogP contribution is -2.69. The van der Waals surface area contributed by atoms with Crippen LogP contribution in [-0.4, -0.2) is 49.7 Å². The van der Waals surface area contributed by atoms with Crippen molar-refractivity contribution in [2.75, 3.05) is 20.3 Å². The first-order chi connectivity index (χ1) is 15.0. The zero-order chi connectivity index (χ0) is 21.6. The summed E-state index contributed by atoms with van der Waals surface area (Å²) in [6.07, 6.45) is 4.14. The predicted octanol–water partition coefficient (Wildman–Crippen LogP) is 3.98. The van der Waals surface area contributed by atoms with E-state index in [2.05, 4.69) is 61.2 Å². The molecule has 4 heterocycles. The number of H-pyrrole nitrogens is 1. The van der Waals surface area contributed by atoms with Crippen molar-refractivity contribution in [3.8, 4) is 0 Å². The van der Waals surface area contributed by atoms with Gasteiger partial charge in [-0.3, -0.25) is 0 Å². The molecule has 6 heteroatoms. The fourth-order valence-electron chi connectivity index (χ4n) is 5.58. The fraction of sp³-hybridized carbons (Fsp3) is 0.600. The third kappa shape index (κ3) is 3.74. The Morgan fingerprint density at radius 1 is 1.32 bits per heavy atom. The van der Waals surface area contributed by atoms with Crippen molar-refractivity contribution in [1.82, 2.24) is 10.3 Å². The van der Waals surface area contributed by atoms with Gasteiger partial charge < -0.3 is 29.2 Å². The van der Waals surface area contributed by atoms with Crippen LogP contribution < -0.4 is 5.32 Å². The number of methoxy groups -OCH3 is 1. The molecule has 0 spiro atoms. The Labute approximate surface area is 184 Å². The first-order valence-electron chi connectivity index (χ1n) is 11.5. The maximum absolute atomic E-state index is 6.31. The average Bonchev–Trinajstić information content (AvgIpc) is 3.18. The van der Waals surface area contributed by atoms with Crippen molar-refractivity contribution in [3.05, 3.63) is 48.2 Å². The Morgan fingerprint density at radius 3 is 2.97 bits per heavy atom. The van der Waals surface area contributed by atoms with Crippen molar-refractivity contribution in [3.63, 3.8) is 0 Å². The lowest BCUT2D eigenvalue weighted by molar-refractivity contribution is -0.448. The van der Waals surface area contributed by atoms with E-state index in [9.17, 15) is 0 Å². The molecule has 6 unspecified atom stereocenters. The maximum Gasteiger partial charge on any atom is 0.186 e. The molecule has 3 aliphatic heterocycles. The highest BCUT2D eigenvalue weighted by Crippen LogP contribution is 2.56. The van der Waals surface area contributed by atoms with Crippen molar-refractivity contribution < 1.29 is 18.9 Å². The molecule has 4 bridgehead atoms. The van der Waals surface area contributed by atoms with Gasteiger partial charge in [0, 0.05) is 36.7 Å². The fourth-order valence-corrected chi connectivity index (χ4v) is 5.58. The minimum absolute atomic E-state index is 0.0143. The molecule has 2 N–H and O–H groups in total. The van der Waals surface area contributed by atoms with Crippen LogP contribution in [-0.2, 0) is 25.4 Å². The van der Waals surface area contributed by atoms with E-state index < -0.39 is 12.1 Å². The van der Waals surface area contributed by atoms with Crippen LogP contribution in [0.1, 0.15) is 32.3 Å². The molecule has 3 saturated heterocycles. The van der Waals surface area contributed by atoms with Crippen LogP contribution in [0.25, 0.3) is 10.9 Å². The van der Waals surface area contributed by atoms with E-state index in [1.54, 1.807) is 7.11 Å². The highest BCUT2D eigenvalue weighted by atomic mass is 16.8. The van der Waals surface area contributed by atoms with E-state index in [1.165, 1.54) is 16.5 Å². The van der Waals surface area contributed by atoms with Gasteiger partial charge in [0.05, 0.1) is 12.5 Å². The summed E-state index contributed by atoms with van der Waals surface area (Å²) in [6, 6.07) is 8.75. The van der Waals surface area contributed by atoms with E-state index in [0.717, 1.165) is 31.4 Å². The van der Waals surface area contributed by atoms with Crippen molar-refractivity contribution in [1.29, 1.82) is 0 Å². The average molecular weight is 427 g/mol. The van der Waals surface area contributed by atoms with Gasteiger partial charge in [-0.25, -0.2) is 0 Å². The summed E-state index contributed by atoms with van der Waals surface area (Å²) in [7, 11) is 1.74. The van der Waals surface area contributed by atoms with Gasteiger partial charge in [0.15, 0.2) is 18.4 Å². The lowest BCUT2D eigenvalue weighted by atomic mass is 9.66. The minimum atomic E-state index is -0.687. The molecule has 6 rings (SSSR count). The number of para-hydroxylation sites is 1. The molecule has 6 atom stereocenters. The van der Waals surface area contributed by atoms with Crippen LogP contribution in [0.2, 0.25) is 0 Å². The third-order valence-electron chi connectivity index (χ3n) is 7.09. The molecular formula is C25H34N2O4. The number of hydrogen-bond donors (Lipinski definition) is 2. The van der Waals surface area contributed by atoms with Crippen LogP contribution in [0.3, 0.4) is 0 Å². The number of ether oxygens (including phenoxy) is 4. The zero-order valence-electron chi connectivity index (χ0n) is 18.7. The summed E-state index contributed by atoms with van der Waals surface area (Å²) >= 11 is 0. The second kappa shape index (κ2) is 8.34. The Hall–Kier alpha value is -1.70. The zero-order valence-corrected chi connectivity index (χ0v) is 18.7. The number of hydrogen-bond acceptors (Lipinski definition) is 5. The summed E-state index contributed by atoms with van der Waals surface area (Å²) in [6.45, 7) is 10.2. The molecule has 1 aromatic carbocycles. The topological polar surface area (TPSA) is 64.7 Å². The number of nitrogens with one attached hydrogen (secondary N) is 2. The van der Waals surface area contributed by atoms with Crippen LogP contribution in [0.5, 0.6) is 0 Å². The van der Waals surface area contributed by atoms with Crippen molar-refractivity contribution >= 4 is 10.9 Å². The van der Waals surface area contributed by atoms with E-state index in [-0.39, 0.29) is 18.1 Å².